The number of halogens is 1. The van der Waals surface area contributed by atoms with Crippen molar-refractivity contribution in [2.45, 2.75) is 44.2 Å². The van der Waals surface area contributed by atoms with Crippen LogP contribution in [-0.4, -0.2) is 21.8 Å². The van der Waals surface area contributed by atoms with Gasteiger partial charge in [-0.15, -0.1) is 0 Å². The Labute approximate surface area is 130 Å². The predicted octanol–water partition coefficient (Wildman–Crippen LogP) is 3.55. The zero-order chi connectivity index (χ0) is 14.7. The summed E-state index contributed by atoms with van der Waals surface area (Å²) < 4.78 is 2.14. The van der Waals surface area contributed by atoms with Crippen LogP contribution in [0.1, 0.15) is 49.2 Å². The number of hydrogen-bond acceptors (Lipinski definition) is 3. The van der Waals surface area contributed by atoms with Crippen LogP contribution in [0.5, 0.6) is 0 Å². The number of nitrogens with one attached hydrogen (secondary N) is 1. The van der Waals surface area contributed by atoms with Crippen molar-refractivity contribution in [1.82, 2.24) is 20.1 Å². The van der Waals surface area contributed by atoms with Gasteiger partial charge in [-0.1, -0.05) is 24.4 Å². The van der Waals surface area contributed by atoms with Crippen molar-refractivity contribution in [3.05, 3.63) is 47.0 Å². The van der Waals surface area contributed by atoms with Crippen molar-refractivity contribution in [2.75, 3.05) is 7.05 Å². The minimum Gasteiger partial charge on any atom is -0.311 e. The number of aromatic nitrogens is 3. The molecule has 1 aliphatic carbocycles. The average molecular weight is 305 g/mol. The lowest BCUT2D eigenvalue weighted by Gasteiger charge is -2.14. The summed E-state index contributed by atoms with van der Waals surface area (Å²) in [5.41, 5.74) is 2.11. The molecular weight excluding hydrogens is 284 g/mol. The normalized spacial score (nSPS) is 17.2. The minimum absolute atomic E-state index is 0.161. The van der Waals surface area contributed by atoms with Gasteiger partial charge < -0.3 is 5.32 Å². The van der Waals surface area contributed by atoms with Crippen LogP contribution in [-0.2, 0) is 6.42 Å². The van der Waals surface area contributed by atoms with Gasteiger partial charge in [-0.3, -0.25) is 9.67 Å². The molecule has 5 heteroatoms. The first-order chi connectivity index (χ1) is 10.3. The second-order valence-electron chi connectivity index (χ2n) is 5.67. The van der Waals surface area contributed by atoms with Crippen molar-refractivity contribution in [2.24, 2.45) is 0 Å². The van der Waals surface area contributed by atoms with E-state index < -0.39 is 0 Å². The molecule has 1 fully saturated rings. The summed E-state index contributed by atoms with van der Waals surface area (Å²) in [5.74, 6) is 0. The first-order valence-electron chi connectivity index (χ1n) is 7.59. The van der Waals surface area contributed by atoms with Gasteiger partial charge in [0.1, 0.15) is 0 Å². The van der Waals surface area contributed by atoms with Crippen molar-refractivity contribution in [3.63, 3.8) is 0 Å². The summed E-state index contributed by atoms with van der Waals surface area (Å²) in [4.78, 5) is 4.40. The highest BCUT2D eigenvalue weighted by molar-refractivity contribution is 6.30. The van der Waals surface area contributed by atoms with Gasteiger partial charge in [0, 0.05) is 18.8 Å². The molecule has 0 aliphatic heterocycles. The Balaban J connectivity index is 1.70. The molecule has 112 valence electrons. The zero-order valence-electron chi connectivity index (χ0n) is 12.3. The Kier molecular flexibility index (Phi) is 4.56. The van der Waals surface area contributed by atoms with Crippen LogP contribution < -0.4 is 5.32 Å². The molecule has 1 atom stereocenters. The maximum absolute atomic E-state index is 5.90. The molecule has 0 spiro atoms. The number of hydrogen-bond donors (Lipinski definition) is 1. The summed E-state index contributed by atoms with van der Waals surface area (Å²) in [6.45, 7) is 0. The van der Waals surface area contributed by atoms with Crippen LogP contribution in [0, 0.1) is 0 Å². The van der Waals surface area contributed by atoms with Gasteiger partial charge in [-0.05, 0) is 38.1 Å². The molecular formula is C16H21ClN4. The van der Waals surface area contributed by atoms with E-state index in [9.17, 15) is 0 Å². The van der Waals surface area contributed by atoms with E-state index in [1.807, 2.05) is 19.2 Å². The fourth-order valence-corrected chi connectivity index (χ4v) is 3.13. The molecule has 2 heterocycles. The van der Waals surface area contributed by atoms with E-state index in [1.165, 1.54) is 25.7 Å². The number of pyridine rings is 1. The van der Waals surface area contributed by atoms with Gasteiger partial charge >= 0.3 is 0 Å². The lowest BCUT2D eigenvalue weighted by molar-refractivity contribution is 0.458. The van der Waals surface area contributed by atoms with Gasteiger partial charge in [0.25, 0.3) is 0 Å². The molecule has 3 rings (SSSR count). The third-order valence-electron chi connectivity index (χ3n) is 4.23. The Bertz CT molecular complexity index is 572. The predicted molar refractivity (Wildman–Crippen MR) is 84.5 cm³/mol. The molecule has 0 bridgehead atoms. The van der Waals surface area contributed by atoms with Crippen LogP contribution in [0.3, 0.4) is 0 Å². The topological polar surface area (TPSA) is 42.7 Å². The van der Waals surface area contributed by atoms with E-state index in [1.54, 1.807) is 6.20 Å². The highest BCUT2D eigenvalue weighted by Crippen LogP contribution is 2.29. The number of rotatable bonds is 5. The summed E-state index contributed by atoms with van der Waals surface area (Å²) in [7, 11) is 1.95. The molecule has 1 N–H and O–H groups in total. The number of nitrogens with zero attached hydrogens (tertiary/aromatic N) is 3. The molecule has 4 nitrogen and oxygen atoms in total. The summed E-state index contributed by atoms with van der Waals surface area (Å²) in [6.07, 6.45) is 9.82. The van der Waals surface area contributed by atoms with E-state index in [0.717, 1.165) is 17.8 Å². The average Bonchev–Trinajstić information content (AvgIpc) is 3.17. The van der Waals surface area contributed by atoms with E-state index >= 15 is 0 Å². The molecule has 0 radical (unpaired) electrons. The molecule has 0 amide bonds. The van der Waals surface area contributed by atoms with Crippen LogP contribution in [0.2, 0.25) is 5.02 Å². The fraction of sp³-hybridized carbons (Fsp3) is 0.500. The second-order valence-corrected chi connectivity index (χ2v) is 6.11. The van der Waals surface area contributed by atoms with Crippen molar-refractivity contribution in [3.8, 4) is 0 Å². The smallest absolute Gasteiger partial charge is 0.0644 e. The van der Waals surface area contributed by atoms with Crippen LogP contribution >= 0.6 is 11.6 Å². The lowest BCUT2D eigenvalue weighted by atomic mass is 10.1. The van der Waals surface area contributed by atoms with E-state index in [4.69, 9.17) is 16.7 Å². The Morgan fingerprint density at radius 2 is 2.14 bits per heavy atom. The Morgan fingerprint density at radius 1 is 1.33 bits per heavy atom. The SMILES string of the molecule is CNC(Cc1ccn(C2CCCC2)n1)c1ccc(Cl)cn1. The van der Waals surface area contributed by atoms with E-state index in [2.05, 4.69) is 27.2 Å². The van der Waals surface area contributed by atoms with Gasteiger partial charge in [0.2, 0.25) is 0 Å². The van der Waals surface area contributed by atoms with Crippen LogP contribution in [0.15, 0.2) is 30.6 Å². The standard InChI is InChI=1S/C16H21ClN4/c1-18-16(15-7-6-12(17)11-19-15)10-13-8-9-21(20-13)14-4-2-3-5-14/h6-9,11,14,16,18H,2-5,10H2,1H3. The van der Waals surface area contributed by atoms with Crippen molar-refractivity contribution < 1.29 is 0 Å². The highest BCUT2D eigenvalue weighted by Gasteiger charge is 2.19. The molecule has 1 unspecified atom stereocenters. The van der Waals surface area contributed by atoms with Gasteiger partial charge in [0.05, 0.1) is 28.5 Å². The van der Waals surface area contributed by atoms with Crippen molar-refractivity contribution >= 4 is 11.6 Å². The number of likely N-dealkylation sites (N-methyl/N-ethyl adjacent to an activating group) is 1. The van der Waals surface area contributed by atoms with Crippen LogP contribution in [0.4, 0.5) is 0 Å². The molecule has 2 aromatic rings. The largest absolute Gasteiger partial charge is 0.311 e. The molecule has 0 aromatic carbocycles. The van der Waals surface area contributed by atoms with E-state index in [-0.39, 0.29) is 6.04 Å². The molecule has 0 saturated heterocycles. The molecule has 2 aromatic heterocycles. The van der Waals surface area contributed by atoms with Gasteiger partial charge in [-0.25, -0.2) is 0 Å². The highest BCUT2D eigenvalue weighted by atomic mass is 35.5. The molecule has 1 aliphatic rings. The van der Waals surface area contributed by atoms with Gasteiger partial charge in [0.15, 0.2) is 0 Å². The summed E-state index contributed by atoms with van der Waals surface area (Å²) in [5, 5.41) is 8.72. The maximum Gasteiger partial charge on any atom is 0.0644 e. The summed E-state index contributed by atoms with van der Waals surface area (Å²) in [6, 6.07) is 6.73. The molecule has 21 heavy (non-hydrogen) atoms. The van der Waals surface area contributed by atoms with Crippen LogP contribution in [0.25, 0.3) is 0 Å². The third kappa shape index (κ3) is 3.44. The Hall–Kier alpha value is -1.39. The Morgan fingerprint density at radius 3 is 2.81 bits per heavy atom. The monoisotopic (exact) mass is 304 g/mol. The summed E-state index contributed by atoms with van der Waals surface area (Å²) >= 11 is 5.90. The quantitative estimate of drug-likeness (QED) is 0.918. The fourth-order valence-electron chi connectivity index (χ4n) is 3.02. The zero-order valence-corrected chi connectivity index (χ0v) is 13.1. The lowest BCUT2D eigenvalue weighted by Crippen LogP contribution is -2.20. The van der Waals surface area contributed by atoms with Gasteiger partial charge in [-0.2, -0.15) is 5.10 Å². The first kappa shape index (κ1) is 14.5. The molecule has 1 saturated carbocycles. The maximum atomic E-state index is 5.90. The van der Waals surface area contributed by atoms with E-state index in [0.29, 0.717) is 11.1 Å². The minimum atomic E-state index is 0.161. The first-order valence-corrected chi connectivity index (χ1v) is 7.97. The third-order valence-corrected chi connectivity index (χ3v) is 4.45. The van der Waals surface area contributed by atoms with Crippen molar-refractivity contribution in [1.29, 1.82) is 0 Å². The second kappa shape index (κ2) is 6.58.